The van der Waals surface area contributed by atoms with E-state index >= 15 is 0 Å². The number of hydrogen-bond donors (Lipinski definition) is 1. The number of aliphatic imine (C=N–C) groups is 1. The van der Waals surface area contributed by atoms with E-state index in [0.29, 0.717) is 43.5 Å². The number of thioether (sulfide) groups is 1. The summed E-state index contributed by atoms with van der Waals surface area (Å²) in [6.45, 7) is 8.65. The molecule has 1 aromatic rings. The summed E-state index contributed by atoms with van der Waals surface area (Å²) in [5.74, 6) is -0.117. The molecule has 9 heteroatoms. The minimum atomic E-state index is -0.415. The van der Waals surface area contributed by atoms with Gasteiger partial charge in [-0.1, -0.05) is 49.9 Å². The van der Waals surface area contributed by atoms with Gasteiger partial charge in [0.05, 0.1) is 44.1 Å². The number of hydrazine groups is 1. The van der Waals surface area contributed by atoms with Crippen molar-refractivity contribution in [3.8, 4) is 0 Å². The van der Waals surface area contributed by atoms with Gasteiger partial charge in [-0.3, -0.25) is 10.2 Å². The summed E-state index contributed by atoms with van der Waals surface area (Å²) in [5, 5.41) is 4.58. The average Bonchev–Trinajstić information content (AvgIpc) is 3.20. The van der Waals surface area contributed by atoms with Gasteiger partial charge < -0.3 is 14.4 Å². The fraction of sp³-hybridized carbons (Fsp3) is 0.458. The lowest BCUT2D eigenvalue weighted by atomic mass is 9.92. The Balaban J connectivity index is 1.63. The molecule has 1 fully saturated rings. The maximum Gasteiger partial charge on any atom is 0.338 e. The maximum absolute atomic E-state index is 12.8. The van der Waals surface area contributed by atoms with Crippen molar-refractivity contribution in [3.05, 3.63) is 57.8 Å². The number of fused-ring (bicyclic) bond motifs is 1. The van der Waals surface area contributed by atoms with E-state index in [1.54, 1.807) is 0 Å². The van der Waals surface area contributed by atoms with Gasteiger partial charge in [-0.2, -0.15) is 0 Å². The molecule has 3 aliphatic heterocycles. The molecule has 0 unspecified atom stereocenters. The van der Waals surface area contributed by atoms with Crippen LogP contribution in [-0.4, -0.2) is 60.4 Å². The Kier molecular flexibility index (Phi) is 7.21. The van der Waals surface area contributed by atoms with Crippen molar-refractivity contribution in [2.45, 2.75) is 39.2 Å². The van der Waals surface area contributed by atoms with Crippen LogP contribution in [0.5, 0.6) is 0 Å². The summed E-state index contributed by atoms with van der Waals surface area (Å²) in [4.78, 5) is 32.3. The van der Waals surface area contributed by atoms with Crippen molar-refractivity contribution in [2.75, 3.05) is 33.4 Å². The zero-order chi connectivity index (χ0) is 23.5. The Hall–Kier alpha value is -2.62. The van der Waals surface area contributed by atoms with Crippen molar-refractivity contribution >= 4 is 28.8 Å². The number of rotatable bonds is 6. The molecule has 33 heavy (non-hydrogen) atoms. The topological polar surface area (TPSA) is 83.5 Å². The molecule has 0 saturated carbocycles. The first kappa shape index (κ1) is 23.5. The fourth-order valence-corrected chi connectivity index (χ4v) is 5.14. The second-order valence-electron chi connectivity index (χ2n) is 8.52. The zero-order valence-electron chi connectivity index (χ0n) is 19.5. The van der Waals surface area contributed by atoms with Gasteiger partial charge in [0.15, 0.2) is 5.17 Å². The number of nitrogens with one attached hydrogen (secondary N) is 1. The number of benzene rings is 1. The molecule has 3 heterocycles. The first-order valence-corrected chi connectivity index (χ1v) is 12.0. The highest BCUT2D eigenvalue weighted by Gasteiger charge is 2.41. The summed E-state index contributed by atoms with van der Waals surface area (Å²) in [7, 11) is 1.38. The predicted molar refractivity (Wildman–Crippen MR) is 128 cm³/mol. The van der Waals surface area contributed by atoms with Crippen molar-refractivity contribution in [2.24, 2.45) is 4.99 Å². The van der Waals surface area contributed by atoms with Gasteiger partial charge in [-0.25, -0.2) is 14.8 Å². The molecule has 0 aliphatic carbocycles. The van der Waals surface area contributed by atoms with Gasteiger partial charge in [0.1, 0.15) is 0 Å². The van der Waals surface area contributed by atoms with Gasteiger partial charge in [0, 0.05) is 18.8 Å². The molecule has 0 radical (unpaired) electrons. The number of allylic oxidation sites excluding steroid dienone is 1. The largest absolute Gasteiger partial charge is 0.466 e. The first-order chi connectivity index (χ1) is 15.9. The van der Waals surface area contributed by atoms with Crippen molar-refractivity contribution < 1.29 is 19.1 Å². The highest BCUT2D eigenvalue weighted by Crippen LogP contribution is 2.44. The minimum Gasteiger partial charge on any atom is -0.466 e. The molecule has 0 bridgehead atoms. The summed E-state index contributed by atoms with van der Waals surface area (Å²) in [6, 6.07) is 7.87. The molecule has 1 aromatic carbocycles. The van der Waals surface area contributed by atoms with E-state index in [2.05, 4.69) is 36.4 Å². The lowest BCUT2D eigenvalue weighted by Crippen LogP contribution is -2.48. The Morgan fingerprint density at radius 2 is 1.94 bits per heavy atom. The molecular formula is C24H30N4O4S. The number of morpholine rings is 1. The summed E-state index contributed by atoms with van der Waals surface area (Å²) in [5.41, 5.74) is 7.06. The van der Waals surface area contributed by atoms with Crippen LogP contribution in [0.3, 0.4) is 0 Å². The van der Waals surface area contributed by atoms with Crippen LogP contribution < -0.4 is 5.43 Å². The van der Waals surface area contributed by atoms with Crippen LogP contribution in [0.25, 0.3) is 0 Å². The van der Waals surface area contributed by atoms with E-state index < -0.39 is 12.0 Å². The van der Waals surface area contributed by atoms with Crippen LogP contribution >= 0.6 is 11.8 Å². The third-order valence-electron chi connectivity index (χ3n) is 5.96. The number of hydrogen-bond acceptors (Lipinski definition) is 8. The van der Waals surface area contributed by atoms with Crippen molar-refractivity contribution in [1.82, 2.24) is 15.3 Å². The summed E-state index contributed by atoms with van der Waals surface area (Å²) in [6.07, 6.45) is 0.178. The quantitative estimate of drug-likeness (QED) is 0.639. The lowest BCUT2D eigenvalue weighted by Gasteiger charge is -2.36. The Morgan fingerprint density at radius 3 is 2.58 bits per heavy atom. The van der Waals surface area contributed by atoms with E-state index in [-0.39, 0.29) is 12.3 Å². The number of amidine groups is 1. The molecular weight excluding hydrogens is 440 g/mol. The van der Waals surface area contributed by atoms with Gasteiger partial charge in [0.2, 0.25) is 5.91 Å². The third kappa shape index (κ3) is 5.00. The Labute approximate surface area is 198 Å². The van der Waals surface area contributed by atoms with E-state index in [0.717, 1.165) is 16.4 Å². The maximum atomic E-state index is 12.8. The highest BCUT2D eigenvalue weighted by molar-refractivity contribution is 8.16. The molecule has 1 amide bonds. The molecule has 3 aliphatic rings. The second-order valence-corrected chi connectivity index (χ2v) is 9.35. The summed E-state index contributed by atoms with van der Waals surface area (Å²) >= 11 is 1.47. The number of ether oxygens (including phenoxy) is 2. The number of methoxy groups -OCH3 is 1. The Morgan fingerprint density at radius 1 is 1.24 bits per heavy atom. The molecule has 1 saturated heterocycles. The van der Waals surface area contributed by atoms with Gasteiger partial charge in [-0.15, -0.1) is 0 Å². The second kappa shape index (κ2) is 10.1. The normalized spacial score (nSPS) is 21.0. The third-order valence-corrected chi connectivity index (χ3v) is 6.85. The first-order valence-electron chi connectivity index (χ1n) is 11.1. The number of esters is 1. The standard InChI is InChI=1S/C24H30N4O4S/c1-15(2)17-5-7-18(8-6-17)22-21(23(30)31-4)16(3)25-24-28(22)19(14-33-24)13-20(29)26-27-9-11-32-12-10-27/h5-8,14-15,22H,9-13H2,1-4H3,(H,26,29)/t22-/m1/s1. The van der Waals surface area contributed by atoms with Crippen LogP contribution in [0.4, 0.5) is 0 Å². The minimum absolute atomic E-state index is 0.107. The number of nitrogens with zero attached hydrogens (tertiary/aromatic N) is 3. The van der Waals surface area contributed by atoms with Crippen LogP contribution in [-0.2, 0) is 19.1 Å². The fourth-order valence-electron chi connectivity index (χ4n) is 4.17. The zero-order valence-corrected chi connectivity index (χ0v) is 20.3. The van der Waals surface area contributed by atoms with Gasteiger partial charge in [-0.05, 0) is 29.4 Å². The lowest BCUT2D eigenvalue weighted by molar-refractivity contribution is -0.136. The number of carbonyl (C=O) groups excluding carboxylic acids is 2. The number of carbonyl (C=O) groups is 2. The van der Waals surface area contributed by atoms with E-state index in [9.17, 15) is 9.59 Å². The van der Waals surface area contributed by atoms with Gasteiger partial charge >= 0.3 is 5.97 Å². The van der Waals surface area contributed by atoms with Crippen LogP contribution in [0.1, 0.15) is 50.3 Å². The molecule has 1 atom stereocenters. The van der Waals surface area contributed by atoms with E-state index in [1.807, 2.05) is 34.4 Å². The molecule has 0 spiro atoms. The average molecular weight is 471 g/mol. The summed E-state index contributed by atoms with van der Waals surface area (Å²) < 4.78 is 10.5. The Bertz CT molecular complexity index is 1010. The monoisotopic (exact) mass is 470 g/mol. The van der Waals surface area contributed by atoms with Crippen molar-refractivity contribution in [1.29, 1.82) is 0 Å². The molecule has 8 nitrogen and oxygen atoms in total. The molecule has 0 aromatic heterocycles. The smallest absolute Gasteiger partial charge is 0.338 e. The number of amides is 1. The van der Waals surface area contributed by atoms with Gasteiger partial charge in [0.25, 0.3) is 0 Å². The van der Waals surface area contributed by atoms with Crippen LogP contribution in [0.15, 0.2) is 51.6 Å². The van der Waals surface area contributed by atoms with Crippen molar-refractivity contribution in [3.63, 3.8) is 0 Å². The van der Waals surface area contributed by atoms with Crippen LogP contribution in [0.2, 0.25) is 0 Å². The SMILES string of the molecule is COC(=O)C1=C(C)N=C2SC=C(CC(=O)NN3CCOCC3)N2[C@@H]1c1ccc(C(C)C)cc1. The molecule has 1 N–H and O–H groups in total. The van der Waals surface area contributed by atoms with E-state index in [1.165, 1.54) is 24.4 Å². The van der Waals surface area contributed by atoms with E-state index in [4.69, 9.17) is 9.47 Å². The predicted octanol–water partition coefficient (Wildman–Crippen LogP) is 3.31. The molecule has 176 valence electrons. The molecule has 4 rings (SSSR count). The van der Waals surface area contributed by atoms with Crippen LogP contribution in [0, 0.1) is 0 Å². The highest BCUT2D eigenvalue weighted by atomic mass is 32.2.